The molecule has 0 spiro atoms. The van der Waals surface area contributed by atoms with Crippen molar-refractivity contribution < 1.29 is 18.3 Å². The number of hydrogen-bond donors (Lipinski definition) is 0. The summed E-state index contributed by atoms with van der Waals surface area (Å²) in [5.41, 5.74) is -0.664. The monoisotopic (exact) mass is 415 g/mol. The molecule has 9 nitrogen and oxygen atoms in total. The molecular formula is C13H10BrN3O6S. The Balaban J connectivity index is 2.55. The second-order valence-electron chi connectivity index (χ2n) is 4.59. The predicted octanol–water partition coefficient (Wildman–Crippen LogP) is 3.09. The fraction of sp³-hybridized carbons (Fsp3) is 0.0769. The molecule has 0 atom stereocenters. The lowest BCUT2D eigenvalue weighted by atomic mass is 10.3. The molecule has 0 aromatic heterocycles. The van der Waals surface area contributed by atoms with E-state index >= 15 is 0 Å². The highest BCUT2D eigenvalue weighted by molar-refractivity contribution is 9.10. The highest BCUT2D eigenvalue weighted by Gasteiger charge is 2.30. The zero-order valence-electron chi connectivity index (χ0n) is 12.1. The molecular weight excluding hydrogens is 406 g/mol. The smallest absolute Gasteiger partial charge is 0.268 e. The van der Waals surface area contributed by atoms with E-state index in [1.54, 1.807) is 0 Å². The summed E-state index contributed by atoms with van der Waals surface area (Å²) in [6.45, 7) is 0. The number of nitrogens with zero attached hydrogens (tertiary/aromatic N) is 3. The highest BCUT2D eigenvalue weighted by atomic mass is 79.9. The molecule has 0 radical (unpaired) electrons. The quantitative estimate of drug-likeness (QED) is 0.545. The second-order valence-corrected chi connectivity index (χ2v) is 7.38. The van der Waals surface area contributed by atoms with Gasteiger partial charge in [-0.1, -0.05) is 12.1 Å². The van der Waals surface area contributed by atoms with Crippen molar-refractivity contribution in [3.63, 3.8) is 0 Å². The third kappa shape index (κ3) is 3.21. The van der Waals surface area contributed by atoms with Gasteiger partial charge in [0.1, 0.15) is 0 Å². The zero-order valence-corrected chi connectivity index (χ0v) is 14.5. The molecule has 0 aliphatic carbocycles. The molecule has 2 aromatic rings. The second kappa shape index (κ2) is 6.53. The van der Waals surface area contributed by atoms with E-state index in [0.29, 0.717) is 0 Å². The lowest BCUT2D eigenvalue weighted by Crippen LogP contribution is -2.27. The van der Waals surface area contributed by atoms with Crippen molar-refractivity contribution in [2.24, 2.45) is 0 Å². The van der Waals surface area contributed by atoms with E-state index in [1.165, 1.54) is 25.2 Å². The summed E-state index contributed by atoms with van der Waals surface area (Å²) in [5, 5.41) is 21.8. The van der Waals surface area contributed by atoms with Gasteiger partial charge in [-0.2, -0.15) is 0 Å². The summed E-state index contributed by atoms with van der Waals surface area (Å²) >= 11 is 3.08. The highest BCUT2D eigenvalue weighted by Crippen LogP contribution is 2.34. The number of rotatable bonds is 5. The molecule has 0 bridgehead atoms. The topological polar surface area (TPSA) is 124 Å². The Morgan fingerprint density at radius 2 is 1.67 bits per heavy atom. The maximum absolute atomic E-state index is 12.7. The average Bonchev–Trinajstić information content (AvgIpc) is 2.53. The largest absolute Gasteiger partial charge is 0.289 e. The van der Waals surface area contributed by atoms with Gasteiger partial charge in [0.05, 0.1) is 15.5 Å². The fourth-order valence-corrected chi connectivity index (χ4v) is 4.09. The number of para-hydroxylation sites is 1. The van der Waals surface area contributed by atoms with E-state index in [-0.39, 0.29) is 15.8 Å². The van der Waals surface area contributed by atoms with Gasteiger partial charge in [-0.15, -0.1) is 0 Å². The number of halogens is 1. The number of nitro groups is 2. The van der Waals surface area contributed by atoms with Gasteiger partial charge in [-0.3, -0.25) is 24.5 Å². The summed E-state index contributed by atoms with van der Waals surface area (Å²) in [5.74, 6) is 0. The molecule has 0 N–H and O–H groups in total. The van der Waals surface area contributed by atoms with Crippen molar-refractivity contribution in [1.82, 2.24) is 0 Å². The van der Waals surface area contributed by atoms with Crippen LogP contribution < -0.4 is 4.31 Å². The van der Waals surface area contributed by atoms with Crippen LogP contribution in [-0.4, -0.2) is 25.3 Å². The van der Waals surface area contributed by atoms with Gasteiger partial charge in [0.15, 0.2) is 4.90 Å². The van der Waals surface area contributed by atoms with Gasteiger partial charge < -0.3 is 0 Å². The van der Waals surface area contributed by atoms with Gasteiger partial charge in [0, 0.05) is 29.7 Å². The first-order valence-electron chi connectivity index (χ1n) is 6.32. The maximum atomic E-state index is 12.7. The molecule has 0 aliphatic heterocycles. The molecule has 11 heteroatoms. The van der Waals surface area contributed by atoms with Crippen LogP contribution in [-0.2, 0) is 10.0 Å². The summed E-state index contributed by atoms with van der Waals surface area (Å²) in [7, 11) is -3.03. The first-order chi connectivity index (χ1) is 11.2. The Morgan fingerprint density at radius 3 is 2.21 bits per heavy atom. The molecule has 2 rings (SSSR count). The molecule has 0 heterocycles. The first kappa shape index (κ1) is 17.8. The molecule has 0 unspecified atom stereocenters. The normalized spacial score (nSPS) is 11.1. The summed E-state index contributed by atoms with van der Waals surface area (Å²) in [4.78, 5) is 19.9. The van der Waals surface area contributed by atoms with Crippen LogP contribution in [0.3, 0.4) is 0 Å². The fourth-order valence-electron chi connectivity index (χ4n) is 1.97. The van der Waals surface area contributed by atoms with Crippen molar-refractivity contribution in [2.45, 2.75) is 4.90 Å². The van der Waals surface area contributed by atoms with Crippen molar-refractivity contribution in [2.75, 3.05) is 11.4 Å². The summed E-state index contributed by atoms with van der Waals surface area (Å²) in [6, 6.07) is 8.49. The average molecular weight is 416 g/mol. The van der Waals surface area contributed by atoms with Crippen LogP contribution in [0.15, 0.2) is 51.8 Å². The number of benzene rings is 2. The minimum Gasteiger partial charge on any atom is -0.268 e. The van der Waals surface area contributed by atoms with E-state index in [0.717, 1.165) is 28.6 Å². The lowest BCUT2D eigenvalue weighted by molar-refractivity contribution is -0.387. The van der Waals surface area contributed by atoms with Gasteiger partial charge in [-0.25, -0.2) is 8.42 Å². The number of sulfonamides is 1. The first-order valence-corrected chi connectivity index (χ1v) is 8.56. The Bertz CT molecular complexity index is 931. The van der Waals surface area contributed by atoms with Crippen molar-refractivity contribution >= 4 is 43.0 Å². The predicted molar refractivity (Wildman–Crippen MR) is 89.5 cm³/mol. The van der Waals surface area contributed by atoms with E-state index in [2.05, 4.69) is 15.9 Å². The van der Waals surface area contributed by atoms with Gasteiger partial charge >= 0.3 is 0 Å². The van der Waals surface area contributed by atoms with E-state index in [1.807, 2.05) is 0 Å². The summed E-state index contributed by atoms with van der Waals surface area (Å²) in [6.07, 6.45) is 0. The molecule has 126 valence electrons. The van der Waals surface area contributed by atoms with Crippen LogP contribution in [0.2, 0.25) is 0 Å². The number of nitro benzene ring substituents is 2. The van der Waals surface area contributed by atoms with Crippen LogP contribution in [0.4, 0.5) is 17.1 Å². The van der Waals surface area contributed by atoms with E-state index in [4.69, 9.17) is 0 Å². The number of non-ortho nitro benzene ring substituents is 1. The third-order valence-corrected chi connectivity index (χ3v) is 5.64. The van der Waals surface area contributed by atoms with Crippen LogP contribution in [0, 0.1) is 20.2 Å². The van der Waals surface area contributed by atoms with Gasteiger partial charge in [0.2, 0.25) is 0 Å². The van der Waals surface area contributed by atoms with Crippen LogP contribution in [0.25, 0.3) is 0 Å². The number of hydrogen-bond acceptors (Lipinski definition) is 6. The summed E-state index contributed by atoms with van der Waals surface area (Å²) < 4.78 is 26.4. The minimum absolute atomic E-state index is 0.110. The van der Waals surface area contributed by atoms with E-state index < -0.39 is 30.5 Å². The lowest BCUT2D eigenvalue weighted by Gasteiger charge is -2.20. The molecule has 0 aliphatic rings. The van der Waals surface area contributed by atoms with Gasteiger partial charge in [0.25, 0.3) is 21.4 Å². The van der Waals surface area contributed by atoms with Crippen molar-refractivity contribution in [1.29, 1.82) is 0 Å². The molecule has 24 heavy (non-hydrogen) atoms. The van der Waals surface area contributed by atoms with E-state index in [9.17, 15) is 28.6 Å². The standard InChI is InChI=1S/C13H10BrN3O6S/c1-15(11-7-6-9(16(18)19)8-10(11)14)24(22,23)13-5-3-2-4-12(13)17(20)21/h2-8H,1H3. The number of anilines is 1. The molecule has 2 aromatic carbocycles. The van der Waals surface area contributed by atoms with Crippen LogP contribution in [0.5, 0.6) is 0 Å². The molecule has 0 amide bonds. The zero-order chi connectivity index (χ0) is 18.1. The van der Waals surface area contributed by atoms with Crippen LogP contribution >= 0.6 is 15.9 Å². The van der Waals surface area contributed by atoms with Crippen molar-refractivity contribution in [3.05, 3.63) is 67.2 Å². The molecule has 0 saturated heterocycles. The van der Waals surface area contributed by atoms with Crippen molar-refractivity contribution in [3.8, 4) is 0 Å². The Hall–Kier alpha value is -2.53. The molecule has 0 saturated carbocycles. The third-order valence-electron chi connectivity index (χ3n) is 3.18. The minimum atomic E-state index is -4.23. The Kier molecular flexibility index (Phi) is 4.85. The van der Waals surface area contributed by atoms with Gasteiger partial charge in [-0.05, 0) is 28.1 Å². The van der Waals surface area contributed by atoms with Crippen LogP contribution in [0.1, 0.15) is 0 Å². The maximum Gasteiger partial charge on any atom is 0.289 e. The molecule has 0 fully saturated rings. The SMILES string of the molecule is CN(c1ccc([N+](=O)[O-])cc1Br)S(=O)(=O)c1ccccc1[N+](=O)[O-]. The Morgan fingerprint density at radius 1 is 1.04 bits per heavy atom. The Labute approximate surface area is 145 Å².